The van der Waals surface area contributed by atoms with Gasteiger partial charge in [0.1, 0.15) is 5.75 Å². The van der Waals surface area contributed by atoms with E-state index in [-0.39, 0.29) is 18.0 Å². The van der Waals surface area contributed by atoms with Gasteiger partial charge in [-0.2, -0.15) is 13.2 Å². The number of nitrogens with zero attached hydrogens (tertiary/aromatic N) is 4. The number of urea groups is 1. The number of carbonyl (C=O) groups excluding carboxylic acids is 1. The monoisotopic (exact) mass is 446 g/mol. The van der Waals surface area contributed by atoms with Gasteiger partial charge in [0.2, 0.25) is 0 Å². The Morgan fingerprint density at radius 2 is 1.90 bits per heavy atom. The second-order valence-corrected chi connectivity index (χ2v) is 7.67. The molecule has 1 aliphatic rings. The molecule has 0 radical (unpaired) electrons. The summed E-state index contributed by atoms with van der Waals surface area (Å²) in [5, 5.41) is 0. The first-order chi connectivity index (χ1) is 14.9. The number of amides is 2. The van der Waals surface area contributed by atoms with Crippen LogP contribution in [0.1, 0.15) is 11.1 Å². The molecular formula is C21H17F3N4O2S. The minimum Gasteiger partial charge on any atom is -0.496 e. The van der Waals surface area contributed by atoms with E-state index in [1.54, 1.807) is 42.9 Å². The lowest BCUT2D eigenvalue weighted by Gasteiger charge is -2.27. The number of fused-ring (bicyclic) bond motifs is 1. The van der Waals surface area contributed by atoms with Crippen LogP contribution in [0.15, 0.2) is 66.1 Å². The lowest BCUT2D eigenvalue weighted by Crippen LogP contribution is -2.39. The fourth-order valence-electron chi connectivity index (χ4n) is 3.30. The summed E-state index contributed by atoms with van der Waals surface area (Å²) in [5.41, 5.74) is 0.426. The summed E-state index contributed by atoms with van der Waals surface area (Å²) >= 11 is 1.12. The Bertz CT molecular complexity index is 1080. The van der Waals surface area contributed by atoms with Crippen molar-refractivity contribution in [3.05, 3.63) is 72.3 Å². The fraction of sp³-hybridized carbons (Fsp3) is 0.190. The number of anilines is 2. The van der Waals surface area contributed by atoms with Gasteiger partial charge in [-0.25, -0.2) is 9.10 Å². The predicted octanol–water partition coefficient (Wildman–Crippen LogP) is 5.20. The van der Waals surface area contributed by atoms with Crippen LogP contribution in [0.5, 0.6) is 5.75 Å². The van der Waals surface area contributed by atoms with E-state index in [1.807, 2.05) is 0 Å². The average molecular weight is 446 g/mol. The highest BCUT2D eigenvalue weighted by atomic mass is 32.2. The molecule has 0 bridgehead atoms. The number of aromatic nitrogens is 2. The van der Waals surface area contributed by atoms with Gasteiger partial charge < -0.3 is 4.74 Å². The maximum atomic E-state index is 13.5. The van der Waals surface area contributed by atoms with Crippen LogP contribution in [0, 0.1) is 0 Å². The lowest BCUT2D eigenvalue weighted by atomic mass is 10.1. The van der Waals surface area contributed by atoms with E-state index in [4.69, 9.17) is 4.74 Å². The summed E-state index contributed by atoms with van der Waals surface area (Å²) in [7, 11) is 1.20. The molecule has 0 saturated heterocycles. The number of hydrogen-bond donors (Lipinski definition) is 0. The van der Waals surface area contributed by atoms with Crippen molar-refractivity contribution in [3.63, 3.8) is 0 Å². The van der Waals surface area contributed by atoms with Crippen molar-refractivity contribution in [2.75, 3.05) is 22.9 Å². The molecule has 0 spiro atoms. The first kappa shape index (κ1) is 21.0. The molecule has 0 saturated carbocycles. The zero-order chi connectivity index (χ0) is 22.0. The second kappa shape index (κ2) is 8.46. The molecule has 0 N–H and O–H groups in total. The summed E-state index contributed by atoms with van der Waals surface area (Å²) < 4.78 is 46.9. The van der Waals surface area contributed by atoms with Crippen LogP contribution in [0.25, 0.3) is 0 Å². The molecule has 2 amide bonds. The first-order valence-electron chi connectivity index (χ1n) is 9.26. The van der Waals surface area contributed by atoms with Crippen molar-refractivity contribution in [2.45, 2.75) is 17.5 Å². The summed E-state index contributed by atoms with van der Waals surface area (Å²) in [5.74, 6) is -0.255. The van der Waals surface area contributed by atoms with Crippen LogP contribution >= 0.6 is 11.9 Å². The maximum absolute atomic E-state index is 13.5. The number of benzene rings is 1. The molecule has 6 nitrogen and oxygen atoms in total. The third kappa shape index (κ3) is 4.29. The summed E-state index contributed by atoms with van der Waals surface area (Å²) in [6, 6.07) is 8.78. The van der Waals surface area contributed by atoms with Gasteiger partial charge >= 0.3 is 12.2 Å². The van der Waals surface area contributed by atoms with Crippen molar-refractivity contribution in [1.29, 1.82) is 0 Å². The minimum atomic E-state index is -4.61. The number of ether oxygens (including phenoxy) is 1. The zero-order valence-electron chi connectivity index (χ0n) is 16.3. The van der Waals surface area contributed by atoms with Crippen LogP contribution in [-0.2, 0) is 12.6 Å². The van der Waals surface area contributed by atoms with Crippen LogP contribution in [-0.4, -0.2) is 29.7 Å². The molecular weight excluding hydrogens is 429 g/mol. The summed E-state index contributed by atoms with van der Waals surface area (Å²) in [6.45, 7) is 0.253. The van der Waals surface area contributed by atoms with Gasteiger partial charge in [0.25, 0.3) is 0 Å². The van der Waals surface area contributed by atoms with Gasteiger partial charge in [0.15, 0.2) is 0 Å². The lowest BCUT2D eigenvalue weighted by molar-refractivity contribution is -0.138. The highest BCUT2D eigenvalue weighted by molar-refractivity contribution is 8.01. The number of alkyl halides is 3. The minimum absolute atomic E-state index is 0.221. The van der Waals surface area contributed by atoms with E-state index < -0.39 is 17.8 Å². The molecule has 2 aromatic heterocycles. The molecule has 0 fully saturated rings. The van der Waals surface area contributed by atoms with E-state index in [0.717, 1.165) is 18.0 Å². The topological polar surface area (TPSA) is 58.6 Å². The highest BCUT2D eigenvalue weighted by Gasteiger charge is 2.38. The Hall–Kier alpha value is -3.27. The third-order valence-corrected chi connectivity index (χ3v) is 5.72. The van der Waals surface area contributed by atoms with E-state index >= 15 is 0 Å². The molecule has 1 aromatic carbocycles. The van der Waals surface area contributed by atoms with Crippen molar-refractivity contribution in [1.82, 2.24) is 9.97 Å². The number of pyridine rings is 2. The Morgan fingerprint density at radius 1 is 1.16 bits per heavy atom. The quantitative estimate of drug-likeness (QED) is 0.516. The Labute approximate surface area is 180 Å². The standard InChI is InChI=1S/C21H17F3N4O2S/c1-30-19-10-14-6-9-27(18(14)11-17(19)21(22,23)24)20(29)28(15-4-2-7-25-12-15)31-16-5-3-8-26-13-16/h2-5,7-8,10-13H,6,9H2,1H3. The zero-order valence-corrected chi connectivity index (χ0v) is 17.2. The van der Waals surface area contributed by atoms with Gasteiger partial charge in [-0.3, -0.25) is 14.9 Å². The third-order valence-electron chi connectivity index (χ3n) is 4.72. The molecule has 4 rings (SSSR count). The van der Waals surface area contributed by atoms with E-state index in [1.165, 1.54) is 28.6 Å². The van der Waals surface area contributed by atoms with Crippen molar-refractivity contribution in [3.8, 4) is 5.75 Å². The normalized spacial score (nSPS) is 13.1. The smallest absolute Gasteiger partial charge is 0.420 e. The number of hydrogen-bond acceptors (Lipinski definition) is 5. The van der Waals surface area contributed by atoms with E-state index in [9.17, 15) is 18.0 Å². The second-order valence-electron chi connectivity index (χ2n) is 6.65. The van der Waals surface area contributed by atoms with Crippen LogP contribution in [0.2, 0.25) is 0 Å². The van der Waals surface area contributed by atoms with Crippen molar-refractivity contribution in [2.24, 2.45) is 0 Å². The van der Waals surface area contributed by atoms with Crippen LogP contribution in [0.3, 0.4) is 0 Å². The molecule has 0 unspecified atom stereocenters. The van der Waals surface area contributed by atoms with Gasteiger partial charge in [0, 0.05) is 35.7 Å². The van der Waals surface area contributed by atoms with Crippen LogP contribution in [0.4, 0.5) is 29.3 Å². The number of methoxy groups -OCH3 is 1. The molecule has 10 heteroatoms. The maximum Gasteiger partial charge on any atom is 0.420 e. The van der Waals surface area contributed by atoms with Gasteiger partial charge in [-0.1, -0.05) is 0 Å². The SMILES string of the molecule is COc1cc2c(cc1C(F)(F)F)N(C(=O)N(Sc1cccnc1)c1cccnc1)CC2. The Kier molecular flexibility index (Phi) is 5.73. The van der Waals surface area contributed by atoms with Crippen LogP contribution < -0.4 is 13.9 Å². The van der Waals surface area contributed by atoms with E-state index in [2.05, 4.69) is 9.97 Å². The Balaban J connectivity index is 1.72. The molecule has 31 heavy (non-hydrogen) atoms. The molecule has 0 atom stereocenters. The van der Waals surface area contributed by atoms with Gasteiger partial charge in [-0.05, 0) is 60.3 Å². The van der Waals surface area contributed by atoms with Crippen molar-refractivity contribution < 1.29 is 22.7 Å². The molecule has 3 heterocycles. The number of rotatable bonds is 4. The molecule has 0 aliphatic carbocycles. The molecule has 160 valence electrons. The summed E-state index contributed by atoms with van der Waals surface area (Å²) in [6.07, 6.45) is 2.13. The largest absolute Gasteiger partial charge is 0.496 e. The van der Waals surface area contributed by atoms with Gasteiger partial charge in [0.05, 0.1) is 24.6 Å². The first-order valence-corrected chi connectivity index (χ1v) is 10.0. The highest BCUT2D eigenvalue weighted by Crippen LogP contribution is 2.43. The number of halogens is 3. The number of carbonyl (C=O) groups is 1. The Morgan fingerprint density at radius 3 is 2.52 bits per heavy atom. The molecule has 3 aromatic rings. The fourth-order valence-corrected chi connectivity index (χ4v) is 4.14. The van der Waals surface area contributed by atoms with Crippen molar-refractivity contribution >= 4 is 29.4 Å². The van der Waals surface area contributed by atoms with Gasteiger partial charge in [-0.15, -0.1) is 0 Å². The molecule has 1 aliphatic heterocycles. The average Bonchev–Trinajstić information content (AvgIpc) is 3.20. The van der Waals surface area contributed by atoms with E-state index in [0.29, 0.717) is 22.6 Å². The summed E-state index contributed by atoms with van der Waals surface area (Å²) in [4.78, 5) is 23.7. The predicted molar refractivity (Wildman–Crippen MR) is 111 cm³/mol.